The number of benzene rings is 2. The molecule has 0 radical (unpaired) electrons. The molecule has 0 saturated carbocycles. The monoisotopic (exact) mass is 580 g/mol. The van der Waals surface area contributed by atoms with Gasteiger partial charge in [0.05, 0.1) is 23.4 Å². The van der Waals surface area contributed by atoms with Crippen molar-refractivity contribution < 1.29 is 13.2 Å². The van der Waals surface area contributed by atoms with E-state index in [4.69, 9.17) is 26.3 Å². The first kappa shape index (κ1) is 25.8. The lowest BCUT2D eigenvalue weighted by atomic mass is 10.1. The molecule has 200 valence electrons. The number of rotatable bonds is 7. The summed E-state index contributed by atoms with van der Waals surface area (Å²) in [6.07, 6.45) is 4.98. The minimum atomic E-state index is -3.56. The molecule has 1 aliphatic heterocycles. The fraction of sp³-hybridized carbons (Fsp3) is 0.222. The van der Waals surface area contributed by atoms with Crippen LogP contribution in [0.25, 0.3) is 27.6 Å². The number of halogens is 1. The summed E-state index contributed by atoms with van der Waals surface area (Å²) in [5.41, 5.74) is 3.35. The summed E-state index contributed by atoms with van der Waals surface area (Å²) in [7, 11) is -1.92. The Hall–Kier alpha value is -3.51. The maximum Gasteiger partial charge on any atom is 0.243 e. The molecule has 12 heteroatoms. The van der Waals surface area contributed by atoms with E-state index in [9.17, 15) is 8.42 Å². The predicted octanol–water partition coefficient (Wildman–Crippen LogP) is 5.45. The molecule has 1 saturated heterocycles. The topological polar surface area (TPSA) is 102 Å². The molecule has 1 aliphatic rings. The number of ether oxygens (including phenoxy) is 1. The number of nitrogens with zero attached hydrogens (tertiary/aromatic N) is 5. The minimum absolute atomic E-state index is 0.0429. The second-order valence-electron chi connectivity index (χ2n) is 9.14. The lowest BCUT2D eigenvalue weighted by molar-refractivity contribution is 0.329. The quantitative estimate of drug-likeness (QED) is 0.273. The van der Waals surface area contributed by atoms with Gasteiger partial charge in [0, 0.05) is 47.5 Å². The summed E-state index contributed by atoms with van der Waals surface area (Å²) in [4.78, 5) is 15.3. The molecule has 39 heavy (non-hydrogen) atoms. The van der Waals surface area contributed by atoms with E-state index >= 15 is 0 Å². The van der Waals surface area contributed by atoms with E-state index in [-0.39, 0.29) is 10.9 Å². The first-order valence-corrected chi connectivity index (χ1v) is 15.1. The summed E-state index contributed by atoms with van der Waals surface area (Å²) in [5, 5.41) is 5.91. The van der Waals surface area contributed by atoms with Gasteiger partial charge >= 0.3 is 0 Å². The van der Waals surface area contributed by atoms with E-state index < -0.39 is 10.0 Å². The molecule has 4 heterocycles. The van der Waals surface area contributed by atoms with Crippen LogP contribution in [-0.4, -0.2) is 58.3 Å². The van der Waals surface area contributed by atoms with Crippen molar-refractivity contribution >= 4 is 43.9 Å². The third-order valence-corrected chi connectivity index (χ3v) is 9.66. The van der Waals surface area contributed by atoms with Gasteiger partial charge in [0.25, 0.3) is 0 Å². The van der Waals surface area contributed by atoms with Crippen molar-refractivity contribution in [3.05, 3.63) is 77.4 Å². The van der Waals surface area contributed by atoms with Crippen molar-refractivity contribution in [2.24, 2.45) is 0 Å². The van der Waals surface area contributed by atoms with Crippen LogP contribution < -0.4 is 10.1 Å². The molecule has 5 aromatic rings. The molecular weight excluding hydrogens is 556 g/mol. The summed E-state index contributed by atoms with van der Waals surface area (Å²) in [6.45, 7) is 0.806. The number of hydrogen-bond donors (Lipinski definition) is 1. The molecule has 0 spiro atoms. The second kappa shape index (κ2) is 10.6. The van der Waals surface area contributed by atoms with Crippen molar-refractivity contribution in [3.63, 3.8) is 0 Å². The van der Waals surface area contributed by atoms with Crippen molar-refractivity contribution in [1.29, 1.82) is 0 Å². The van der Waals surface area contributed by atoms with E-state index in [1.807, 2.05) is 46.3 Å². The Kier molecular flexibility index (Phi) is 6.98. The Morgan fingerprint density at radius 1 is 1.08 bits per heavy atom. The van der Waals surface area contributed by atoms with Crippen LogP contribution in [0.2, 0.25) is 5.02 Å². The number of imidazole rings is 1. The number of sulfonamides is 1. The fourth-order valence-electron chi connectivity index (χ4n) is 4.74. The second-order valence-corrected chi connectivity index (χ2v) is 12.4. The average Bonchev–Trinajstić information content (AvgIpc) is 3.56. The number of anilines is 1. The van der Waals surface area contributed by atoms with E-state index in [0.29, 0.717) is 36.9 Å². The van der Waals surface area contributed by atoms with Gasteiger partial charge in [-0.05, 0) is 55.3 Å². The van der Waals surface area contributed by atoms with Gasteiger partial charge in [0.15, 0.2) is 4.96 Å². The summed E-state index contributed by atoms with van der Waals surface area (Å²) in [6, 6.07) is 16.0. The van der Waals surface area contributed by atoms with Gasteiger partial charge < -0.3 is 10.1 Å². The molecule has 6 rings (SSSR count). The minimum Gasteiger partial charge on any atom is -0.497 e. The highest BCUT2D eigenvalue weighted by Gasteiger charge is 2.30. The maximum atomic E-state index is 13.0. The van der Waals surface area contributed by atoms with Gasteiger partial charge in [0.2, 0.25) is 16.0 Å². The third-order valence-electron chi connectivity index (χ3n) is 6.74. The first-order chi connectivity index (χ1) is 18.9. The smallest absolute Gasteiger partial charge is 0.243 e. The molecule has 3 aromatic heterocycles. The largest absolute Gasteiger partial charge is 0.497 e. The molecule has 0 unspecified atom stereocenters. The fourth-order valence-corrected chi connectivity index (χ4v) is 7.05. The molecule has 1 N–H and O–H groups in total. The number of methoxy groups -OCH3 is 1. The van der Waals surface area contributed by atoms with E-state index in [2.05, 4.69) is 10.3 Å². The summed E-state index contributed by atoms with van der Waals surface area (Å²) in [5.74, 6) is 1.25. The van der Waals surface area contributed by atoms with Gasteiger partial charge in [0.1, 0.15) is 11.4 Å². The van der Waals surface area contributed by atoms with Crippen LogP contribution in [0, 0.1) is 0 Å². The van der Waals surface area contributed by atoms with Crippen molar-refractivity contribution in [2.45, 2.75) is 23.8 Å². The highest BCUT2D eigenvalue weighted by molar-refractivity contribution is 7.89. The average molecular weight is 581 g/mol. The van der Waals surface area contributed by atoms with Crippen LogP contribution in [0.1, 0.15) is 12.8 Å². The van der Waals surface area contributed by atoms with Crippen LogP contribution in [-0.2, 0) is 10.0 Å². The number of thiazole rings is 1. The number of nitrogens with one attached hydrogen (secondary N) is 1. The van der Waals surface area contributed by atoms with Crippen molar-refractivity contribution in [2.75, 3.05) is 25.5 Å². The molecule has 1 fully saturated rings. The van der Waals surface area contributed by atoms with Crippen molar-refractivity contribution in [1.82, 2.24) is 23.7 Å². The van der Waals surface area contributed by atoms with Gasteiger partial charge in [-0.1, -0.05) is 23.7 Å². The third kappa shape index (κ3) is 5.10. The molecule has 0 atom stereocenters. The van der Waals surface area contributed by atoms with Gasteiger partial charge in [-0.3, -0.25) is 4.40 Å². The number of fused-ring (bicyclic) bond motifs is 1. The normalized spacial score (nSPS) is 15.0. The van der Waals surface area contributed by atoms with Crippen LogP contribution in [0.4, 0.5) is 5.95 Å². The Morgan fingerprint density at radius 3 is 2.64 bits per heavy atom. The SMILES string of the molecule is COc1cccc(-c2nc3sccn3c2-c2ccnc(NC3CCN(S(=O)(=O)c4ccc(Cl)cc4)CC3)n2)c1. The van der Waals surface area contributed by atoms with Crippen LogP contribution >= 0.6 is 22.9 Å². The zero-order valence-corrected chi connectivity index (χ0v) is 23.4. The Bertz CT molecular complexity index is 1730. The zero-order chi connectivity index (χ0) is 27.0. The predicted molar refractivity (Wildman–Crippen MR) is 153 cm³/mol. The standard InChI is InChI=1S/C27H25ClN6O3S2/c1-37-21-4-2-3-18(17-21)24-25(34-15-16-38-27(34)32-24)23-9-12-29-26(31-23)30-20-10-13-33(14-11-20)39(35,36)22-7-5-19(28)6-8-22/h2-9,12,15-17,20H,10-11,13-14H2,1H3,(H,29,30,31). The molecule has 0 aliphatic carbocycles. The Balaban J connectivity index is 1.22. The Morgan fingerprint density at radius 2 is 1.87 bits per heavy atom. The van der Waals surface area contributed by atoms with Gasteiger partial charge in [-0.2, -0.15) is 4.31 Å². The van der Waals surface area contributed by atoms with E-state index in [0.717, 1.165) is 33.4 Å². The highest BCUT2D eigenvalue weighted by Crippen LogP contribution is 2.35. The lowest BCUT2D eigenvalue weighted by Gasteiger charge is -2.31. The van der Waals surface area contributed by atoms with Crippen LogP contribution in [0.15, 0.2) is 77.3 Å². The lowest BCUT2D eigenvalue weighted by Crippen LogP contribution is -2.42. The molecular formula is C27H25ClN6O3S2. The molecule has 2 aromatic carbocycles. The van der Waals surface area contributed by atoms with E-state index in [1.54, 1.807) is 48.9 Å². The highest BCUT2D eigenvalue weighted by atomic mass is 35.5. The molecule has 0 amide bonds. The maximum absolute atomic E-state index is 13.0. The molecule has 0 bridgehead atoms. The molecule has 9 nitrogen and oxygen atoms in total. The summed E-state index contributed by atoms with van der Waals surface area (Å²) < 4.78 is 35.1. The number of aromatic nitrogens is 4. The van der Waals surface area contributed by atoms with E-state index in [1.165, 1.54) is 4.31 Å². The van der Waals surface area contributed by atoms with Gasteiger partial charge in [-0.15, -0.1) is 11.3 Å². The summed E-state index contributed by atoms with van der Waals surface area (Å²) >= 11 is 7.48. The van der Waals surface area contributed by atoms with Crippen molar-refractivity contribution in [3.8, 4) is 28.4 Å². The first-order valence-electron chi connectivity index (χ1n) is 12.4. The zero-order valence-electron chi connectivity index (χ0n) is 21.0. The number of hydrogen-bond acceptors (Lipinski definition) is 8. The van der Waals surface area contributed by atoms with Crippen LogP contribution in [0.5, 0.6) is 5.75 Å². The Labute approximate surface area is 235 Å². The number of piperidine rings is 1. The van der Waals surface area contributed by atoms with Crippen LogP contribution in [0.3, 0.4) is 0 Å². The van der Waals surface area contributed by atoms with Gasteiger partial charge in [-0.25, -0.2) is 23.4 Å².